The van der Waals surface area contributed by atoms with E-state index in [-0.39, 0.29) is 0 Å². The molecule has 0 N–H and O–H groups in total. The maximum Gasteiger partial charge on any atom is 0.0470 e. The van der Waals surface area contributed by atoms with Gasteiger partial charge in [-0.3, -0.25) is 0 Å². The maximum absolute atomic E-state index is 2.24. The molecule has 14 heavy (non-hydrogen) atoms. The lowest BCUT2D eigenvalue weighted by Gasteiger charge is -2.05. The summed E-state index contributed by atoms with van der Waals surface area (Å²) in [6, 6.07) is 10.8. The van der Waals surface area contributed by atoms with Gasteiger partial charge in [0.1, 0.15) is 0 Å². The lowest BCUT2D eigenvalue weighted by atomic mass is 10.1. The summed E-state index contributed by atoms with van der Waals surface area (Å²) in [6.07, 6.45) is 4.19. The van der Waals surface area contributed by atoms with Crippen LogP contribution >= 0.6 is 0 Å². The predicted molar refractivity (Wildman–Crippen MR) is 59.5 cm³/mol. The van der Waals surface area contributed by atoms with Crippen LogP contribution in [-0.4, -0.2) is 4.57 Å². The van der Waals surface area contributed by atoms with E-state index in [9.17, 15) is 0 Å². The van der Waals surface area contributed by atoms with Gasteiger partial charge in [-0.25, -0.2) is 0 Å². The summed E-state index contributed by atoms with van der Waals surface area (Å²) in [5.74, 6) is 0. The largest absolute Gasteiger partial charge is 0.350 e. The molecule has 0 aliphatic carbocycles. The highest BCUT2D eigenvalue weighted by molar-refractivity contribution is 5.28. The second-order valence-electron chi connectivity index (χ2n) is 3.85. The molecule has 0 saturated heterocycles. The van der Waals surface area contributed by atoms with Crippen LogP contribution in [0.25, 0.3) is 0 Å². The third kappa shape index (κ3) is 2.05. The van der Waals surface area contributed by atoms with Crippen LogP contribution in [-0.2, 0) is 6.54 Å². The van der Waals surface area contributed by atoms with E-state index in [0.29, 0.717) is 0 Å². The van der Waals surface area contributed by atoms with Gasteiger partial charge in [0.05, 0.1) is 0 Å². The summed E-state index contributed by atoms with van der Waals surface area (Å²) in [5, 5.41) is 0. The summed E-state index contributed by atoms with van der Waals surface area (Å²) >= 11 is 0. The molecule has 0 radical (unpaired) electrons. The van der Waals surface area contributed by atoms with Crippen molar-refractivity contribution in [3.63, 3.8) is 0 Å². The molecule has 0 aliphatic heterocycles. The van der Waals surface area contributed by atoms with E-state index in [1.165, 1.54) is 16.7 Å². The Hall–Kier alpha value is -1.50. The zero-order valence-corrected chi connectivity index (χ0v) is 8.70. The summed E-state index contributed by atoms with van der Waals surface area (Å²) in [5.41, 5.74) is 4.05. The molecule has 0 spiro atoms. The third-order valence-corrected chi connectivity index (χ3v) is 2.31. The smallest absolute Gasteiger partial charge is 0.0470 e. The van der Waals surface area contributed by atoms with Crippen molar-refractivity contribution in [2.45, 2.75) is 20.4 Å². The van der Waals surface area contributed by atoms with Crippen LogP contribution in [0.3, 0.4) is 0 Å². The quantitative estimate of drug-likeness (QED) is 0.677. The van der Waals surface area contributed by atoms with Crippen molar-refractivity contribution < 1.29 is 0 Å². The predicted octanol–water partition coefficient (Wildman–Crippen LogP) is 3.15. The normalized spacial score (nSPS) is 10.4. The summed E-state index contributed by atoms with van der Waals surface area (Å²) in [6.45, 7) is 5.26. The zero-order valence-electron chi connectivity index (χ0n) is 8.70. The van der Waals surface area contributed by atoms with Gasteiger partial charge in [-0.15, -0.1) is 0 Å². The van der Waals surface area contributed by atoms with Crippen LogP contribution < -0.4 is 0 Å². The van der Waals surface area contributed by atoms with Gasteiger partial charge in [0.2, 0.25) is 0 Å². The minimum Gasteiger partial charge on any atom is -0.350 e. The second kappa shape index (κ2) is 3.70. The second-order valence-corrected chi connectivity index (χ2v) is 3.85. The molecule has 0 bridgehead atoms. The molecule has 1 heteroatoms. The van der Waals surface area contributed by atoms with Crippen molar-refractivity contribution in [2.75, 3.05) is 0 Å². The van der Waals surface area contributed by atoms with Crippen LogP contribution in [0.4, 0.5) is 0 Å². The van der Waals surface area contributed by atoms with Crippen molar-refractivity contribution in [3.8, 4) is 0 Å². The molecule has 2 aromatic rings. The van der Waals surface area contributed by atoms with Gasteiger partial charge in [0.25, 0.3) is 0 Å². The molecule has 0 atom stereocenters. The number of benzene rings is 1. The van der Waals surface area contributed by atoms with E-state index < -0.39 is 0 Å². The third-order valence-electron chi connectivity index (χ3n) is 2.31. The van der Waals surface area contributed by atoms with E-state index in [1.54, 1.807) is 0 Å². The Morgan fingerprint density at radius 3 is 2.07 bits per heavy atom. The Morgan fingerprint density at radius 1 is 0.929 bits per heavy atom. The number of hydrogen-bond acceptors (Lipinski definition) is 0. The van der Waals surface area contributed by atoms with E-state index in [0.717, 1.165) is 6.54 Å². The van der Waals surface area contributed by atoms with Crippen molar-refractivity contribution in [1.82, 2.24) is 4.57 Å². The molecule has 0 fully saturated rings. The van der Waals surface area contributed by atoms with Crippen molar-refractivity contribution >= 4 is 0 Å². The van der Waals surface area contributed by atoms with E-state index in [2.05, 4.69) is 61.1 Å². The molecular formula is C13H15N. The van der Waals surface area contributed by atoms with E-state index >= 15 is 0 Å². The Balaban J connectivity index is 2.25. The first-order valence-corrected chi connectivity index (χ1v) is 4.92. The highest BCUT2D eigenvalue weighted by atomic mass is 14.9. The van der Waals surface area contributed by atoms with Gasteiger partial charge in [-0.2, -0.15) is 0 Å². The fraction of sp³-hybridized carbons (Fsp3) is 0.231. The van der Waals surface area contributed by atoms with Crippen molar-refractivity contribution in [2.24, 2.45) is 0 Å². The van der Waals surface area contributed by atoms with Gasteiger partial charge in [0, 0.05) is 18.9 Å². The topological polar surface area (TPSA) is 4.93 Å². The Kier molecular flexibility index (Phi) is 2.40. The highest BCUT2D eigenvalue weighted by Crippen LogP contribution is 2.10. The van der Waals surface area contributed by atoms with Gasteiger partial charge >= 0.3 is 0 Å². The van der Waals surface area contributed by atoms with Gasteiger partial charge in [0.15, 0.2) is 0 Å². The minimum atomic E-state index is 0.968. The van der Waals surface area contributed by atoms with Crippen LogP contribution in [0, 0.1) is 13.8 Å². The first kappa shape index (κ1) is 9.07. The molecular weight excluding hydrogens is 170 g/mol. The van der Waals surface area contributed by atoms with Crippen LogP contribution in [0.2, 0.25) is 0 Å². The van der Waals surface area contributed by atoms with Gasteiger partial charge < -0.3 is 4.57 Å². The summed E-state index contributed by atoms with van der Waals surface area (Å²) in [7, 11) is 0. The lowest BCUT2D eigenvalue weighted by Crippen LogP contribution is -1.96. The standard InChI is InChI=1S/C13H15N/c1-11-7-12(2)9-13(8-11)10-14-5-3-4-6-14/h3-9H,10H2,1-2H3. The van der Waals surface area contributed by atoms with Gasteiger partial charge in [-0.05, 0) is 31.5 Å². The molecule has 0 amide bonds. The Labute approximate surface area is 85.0 Å². The van der Waals surface area contributed by atoms with Gasteiger partial charge in [-0.1, -0.05) is 29.3 Å². The molecule has 1 aromatic carbocycles. The number of rotatable bonds is 2. The zero-order chi connectivity index (χ0) is 9.97. The molecule has 1 heterocycles. The summed E-state index contributed by atoms with van der Waals surface area (Å²) < 4.78 is 2.19. The highest BCUT2D eigenvalue weighted by Gasteiger charge is 1.96. The average Bonchev–Trinajstić information content (AvgIpc) is 2.54. The Bertz CT molecular complexity index is 393. The molecule has 1 nitrogen and oxygen atoms in total. The molecule has 0 unspecified atom stereocenters. The average molecular weight is 185 g/mol. The fourth-order valence-electron chi connectivity index (χ4n) is 1.85. The van der Waals surface area contributed by atoms with Crippen LogP contribution in [0.15, 0.2) is 42.7 Å². The van der Waals surface area contributed by atoms with Crippen LogP contribution in [0.1, 0.15) is 16.7 Å². The first-order chi connectivity index (χ1) is 6.74. The minimum absolute atomic E-state index is 0.968. The number of aryl methyl sites for hydroxylation is 2. The number of hydrogen-bond donors (Lipinski definition) is 0. The molecule has 72 valence electrons. The van der Waals surface area contributed by atoms with E-state index in [1.807, 2.05) is 0 Å². The van der Waals surface area contributed by atoms with Crippen molar-refractivity contribution in [3.05, 3.63) is 59.4 Å². The number of aromatic nitrogens is 1. The van der Waals surface area contributed by atoms with Crippen molar-refractivity contribution in [1.29, 1.82) is 0 Å². The molecule has 0 aliphatic rings. The maximum atomic E-state index is 2.24. The first-order valence-electron chi connectivity index (χ1n) is 4.92. The lowest BCUT2D eigenvalue weighted by molar-refractivity contribution is 0.804. The van der Waals surface area contributed by atoms with E-state index in [4.69, 9.17) is 0 Å². The number of nitrogens with zero attached hydrogens (tertiary/aromatic N) is 1. The Morgan fingerprint density at radius 2 is 1.50 bits per heavy atom. The SMILES string of the molecule is Cc1cc(C)cc(Cn2cccc2)c1. The molecule has 2 rings (SSSR count). The fourth-order valence-corrected chi connectivity index (χ4v) is 1.85. The molecule has 0 saturated carbocycles. The monoisotopic (exact) mass is 185 g/mol. The summed E-state index contributed by atoms with van der Waals surface area (Å²) in [4.78, 5) is 0. The molecule has 1 aromatic heterocycles. The van der Waals surface area contributed by atoms with Crippen LogP contribution in [0.5, 0.6) is 0 Å².